The number of aromatic nitrogens is 2. The summed E-state index contributed by atoms with van der Waals surface area (Å²) in [5, 5.41) is 3.33. The molecule has 0 bridgehead atoms. The number of alkyl halides is 3. The molecule has 0 radical (unpaired) electrons. The lowest BCUT2D eigenvalue weighted by atomic mass is 10.0. The molecule has 0 fully saturated rings. The zero-order valence-corrected chi connectivity index (χ0v) is 16.7. The molecule has 0 aliphatic carbocycles. The molecule has 0 amide bonds. The van der Waals surface area contributed by atoms with Crippen LogP contribution in [0.1, 0.15) is 43.6 Å². The zero-order valence-electron chi connectivity index (χ0n) is 16.7. The van der Waals surface area contributed by atoms with Gasteiger partial charge >= 0.3 is 6.18 Å². The van der Waals surface area contributed by atoms with Gasteiger partial charge in [0.05, 0.1) is 22.6 Å². The van der Waals surface area contributed by atoms with E-state index in [1.807, 2.05) is 0 Å². The molecule has 4 nitrogen and oxygen atoms in total. The summed E-state index contributed by atoms with van der Waals surface area (Å²) in [6.07, 6.45) is -2.61. The lowest BCUT2D eigenvalue weighted by Gasteiger charge is -2.21. The Morgan fingerprint density at radius 3 is 2.19 bits per heavy atom. The summed E-state index contributed by atoms with van der Waals surface area (Å²) in [5.41, 5.74) is 1.16. The summed E-state index contributed by atoms with van der Waals surface area (Å²) in [6, 6.07) is 4.55. The third-order valence-electron chi connectivity index (χ3n) is 4.65. The SMILES string of the molecule is CCC(CC)Nc1nc(C)c(-c2ccc(N(C)C)cc2C(F)(F)F)nc1C. The summed E-state index contributed by atoms with van der Waals surface area (Å²) < 4.78 is 41.0. The van der Waals surface area contributed by atoms with Crippen molar-refractivity contribution in [3.8, 4) is 11.3 Å². The van der Waals surface area contributed by atoms with Crippen LogP contribution in [0.3, 0.4) is 0 Å². The molecule has 27 heavy (non-hydrogen) atoms. The Labute approximate surface area is 158 Å². The van der Waals surface area contributed by atoms with E-state index in [1.165, 1.54) is 6.07 Å². The molecule has 0 unspecified atom stereocenters. The number of rotatable bonds is 6. The second-order valence-electron chi connectivity index (χ2n) is 6.87. The first-order chi connectivity index (χ1) is 12.6. The maximum absolute atomic E-state index is 13.7. The maximum Gasteiger partial charge on any atom is 0.417 e. The van der Waals surface area contributed by atoms with E-state index in [0.29, 0.717) is 22.9 Å². The molecule has 0 spiro atoms. The van der Waals surface area contributed by atoms with Gasteiger partial charge in [0.15, 0.2) is 0 Å². The van der Waals surface area contributed by atoms with Crippen LogP contribution in [0.2, 0.25) is 0 Å². The van der Waals surface area contributed by atoms with Gasteiger partial charge in [-0.25, -0.2) is 9.97 Å². The van der Waals surface area contributed by atoms with E-state index in [0.717, 1.165) is 18.9 Å². The van der Waals surface area contributed by atoms with Gasteiger partial charge in [0.2, 0.25) is 0 Å². The smallest absolute Gasteiger partial charge is 0.378 e. The number of benzene rings is 1. The molecule has 0 aliphatic heterocycles. The molecular weight excluding hydrogens is 353 g/mol. The molecule has 1 aromatic carbocycles. The number of anilines is 2. The quantitative estimate of drug-likeness (QED) is 0.724. The van der Waals surface area contributed by atoms with Crippen LogP contribution in [-0.2, 0) is 6.18 Å². The second kappa shape index (κ2) is 8.15. The minimum Gasteiger partial charge on any atom is -0.378 e. The Kier molecular flexibility index (Phi) is 6.34. The van der Waals surface area contributed by atoms with Gasteiger partial charge in [-0.05, 0) is 38.8 Å². The van der Waals surface area contributed by atoms with Crippen molar-refractivity contribution in [2.45, 2.75) is 52.8 Å². The van der Waals surface area contributed by atoms with Gasteiger partial charge in [0, 0.05) is 31.4 Å². The summed E-state index contributed by atoms with van der Waals surface area (Å²) in [4.78, 5) is 10.6. The van der Waals surface area contributed by atoms with E-state index in [-0.39, 0.29) is 17.3 Å². The van der Waals surface area contributed by atoms with Crippen LogP contribution in [0.25, 0.3) is 11.3 Å². The molecule has 2 rings (SSSR count). The molecule has 0 saturated heterocycles. The van der Waals surface area contributed by atoms with Crippen molar-refractivity contribution < 1.29 is 13.2 Å². The third kappa shape index (κ3) is 4.70. The highest BCUT2D eigenvalue weighted by Gasteiger charge is 2.35. The molecular formula is C20H27F3N4. The highest BCUT2D eigenvalue weighted by molar-refractivity contribution is 5.71. The molecule has 148 valence electrons. The van der Waals surface area contributed by atoms with Crippen LogP contribution in [0.15, 0.2) is 18.2 Å². The van der Waals surface area contributed by atoms with Gasteiger partial charge in [-0.2, -0.15) is 13.2 Å². The lowest BCUT2D eigenvalue weighted by molar-refractivity contribution is -0.137. The highest BCUT2D eigenvalue weighted by Crippen LogP contribution is 2.39. The van der Waals surface area contributed by atoms with Gasteiger partial charge in [0.1, 0.15) is 5.82 Å². The molecule has 1 N–H and O–H groups in total. The Balaban J connectivity index is 2.57. The van der Waals surface area contributed by atoms with Gasteiger partial charge in [-0.15, -0.1) is 0 Å². The van der Waals surface area contributed by atoms with Gasteiger partial charge < -0.3 is 10.2 Å². The van der Waals surface area contributed by atoms with Crippen LogP contribution in [0, 0.1) is 13.8 Å². The maximum atomic E-state index is 13.7. The van der Waals surface area contributed by atoms with Crippen LogP contribution < -0.4 is 10.2 Å². The van der Waals surface area contributed by atoms with E-state index >= 15 is 0 Å². The predicted octanol–water partition coefficient (Wildman–Crippen LogP) is 5.45. The van der Waals surface area contributed by atoms with Crippen molar-refractivity contribution in [2.75, 3.05) is 24.3 Å². The Bertz CT molecular complexity index is 797. The summed E-state index contributed by atoms with van der Waals surface area (Å²) in [7, 11) is 3.42. The number of hydrogen-bond acceptors (Lipinski definition) is 4. The van der Waals surface area contributed by atoms with Crippen molar-refractivity contribution in [3.05, 3.63) is 35.2 Å². The number of hydrogen-bond donors (Lipinski definition) is 1. The first-order valence-corrected chi connectivity index (χ1v) is 9.09. The summed E-state index contributed by atoms with van der Waals surface area (Å²) in [6.45, 7) is 7.61. The average molecular weight is 380 g/mol. The minimum atomic E-state index is -4.48. The van der Waals surface area contributed by atoms with Crippen molar-refractivity contribution in [3.63, 3.8) is 0 Å². The molecule has 0 saturated carbocycles. The number of nitrogens with one attached hydrogen (secondary N) is 1. The van der Waals surface area contributed by atoms with Gasteiger partial charge in [-0.1, -0.05) is 19.9 Å². The standard InChI is InChI=1S/C20H27F3N4/c1-7-14(8-2)26-19-13(4)24-18(12(3)25-19)16-10-9-15(27(5)6)11-17(16)20(21,22)23/h9-11,14H,7-8H2,1-6H3,(H,25,26). The van der Waals surface area contributed by atoms with Crippen LogP contribution in [0.4, 0.5) is 24.7 Å². The molecule has 2 aromatic rings. The lowest BCUT2D eigenvalue weighted by Crippen LogP contribution is -2.20. The van der Waals surface area contributed by atoms with E-state index in [4.69, 9.17) is 0 Å². The van der Waals surface area contributed by atoms with E-state index in [2.05, 4.69) is 29.1 Å². The highest BCUT2D eigenvalue weighted by atomic mass is 19.4. The summed E-state index contributed by atoms with van der Waals surface area (Å²) in [5.74, 6) is 0.628. The largest absolute Gasteiger partial charge is 0.417 e. The fraction of sp³-hybridized carbons (Fsp3) is 0.500. The molecule has 0 atom stereocenters. The van der Waals surface area contributed by atoms with Gasteiger partial charge in [0.25, 0.3) is 0 Å². The van der Waals surface area contributed by atoms with E-state index < -0.39 is 11.7 Å². The number of halogens is 3. The Hall–Kier alpha value is -2.31. The fourth-order valence-electron chi connectivity index (χ4n) is 2.93. The first-order valence-electron chi connectivity index (χ1n) is 9.09. The normalized spacial score (nSPS) is 11.8. The monoisotopic (exact) mass is 380 g/mol. The number of nitrogens with zero attached hydrogens (tertiary/aromatic N) is 3. The van der Waals surface area contributed by atoms with Crippen molar-refractivity contribution >= 4 is 11.5 Å². The Morgan fingerprint density at radius 2 is 1.67 bits per heavy atom. The molecule has 1 heterocycles. The number of aryl methyl sites for hydroxylation is 2. The Morgan fingerprint density at radius 1 is 1.04 bits per heavy atom. The van der Waals surface area contributed by atoms with Crippen LogP contribution in [-0.4, -0.2) is 30.1 Å². The van der Waals surface area contributed by atoms with E-state index in [9.17, 15) is 13.2 Å². The zero-order chi connectivity index (χ0) is 20.4. The first kappa shape index (κ1) is 21.0. The van der Waals surface area contributed by atoms with Crippen molar-refractivity contribution in [1.29, 1.82) is 0 Å². The van der Waals surface area contributed by atoms with Crippen molar-refractivity contribution in [1.82, 2.24) is 9.97 Å². The minimum absolute atomic E-state index is 0.0512. The van der Waals surface area contributed by atoms with Crippen LogP contribution >= 0.6 is 0 Å². The average Bonchev–Trinajstić information content (AvgIpc) is 2.60. The second-order valence-corrected chi connectivity index (χ2v) is 6.87. The topological polar surface area (TPSA) is 41.1 Å². The summed E-state index contributed by atoms with van der Waals surface area (Å²) >= 11 is 0. The predicted molar refractivity (Wildman–Crippen MR) is 104 cm³/mol. The molecule has 1 aromatic heterocycles. The molecule has 0 aliphatic rings. The fourth-order valence-corrected chi connectivity index (χ4v) is 2.93. The van der Waals surface area contributed by atoms with Crippen molar-refractivity contribution in [2.24, 2.45) is 0 Å². The molecule has 7 heteroatoms. The van der Waals surface area contributed by atoms with Gasteiger partial charge in [-0.3, -0.25) is 0 Å². The van der Waals surface area contributed by atoms with E-state index in [1.54, 1.807) is 38.9 Å². The van der Waals surface area contributed by atoms with Crippen LogP contribution in [0.5, 0.6) is 0 Å². The third-order valence-corrected chi connectivity index (χ3v) is 4.65.